The number of nitrogens with zero attached hydrogens (tertiary/aromatic N) is 3. The molecule has 31 heavy (non-hydrogen) atoms. The van der Waals surface area contributed by atoms with Crippen LogP contribution in [-0.4, -0.2) is 33.1 Å². The topological polar surface area (TPSA) is 88.9 Å². The van der Waals surface area contributed by atoms with E-state index in [1.165, 1.54) is 0 Å². The van der Waals surface area contributed by atoms with Crippen LogP contribution >= 0.6 is 11.6 Å². The van der Waals surface area contributed by atoms with E-state index in [1.807, 2.05) is 28.9 Å². The second-order valence-electron chi connectivity index (χ2n) is 7.52. The first-order chi connectivity index (χ1) is 15.1. The first-order valence-corrected chi connectivity index (χ1v) is 10.8. The molecular weight excluding hydrogens is 414 g/mol. The molecule has 0 aliphatic heterocycles. The van der Waals surface area contributed by atoms with Crippen LogP contribution in [0, 0.1) is 0 Å². The summed E-state index contributed by atoms with van der Waals surface area (Å²) >= 11 is 6.03. The van der Waals surface area contributed by atoms with E-state index < -0.39 is 0 Å². The van der Waals surface area contributed by atoms with Crippen LogP contribution in [0.1, 0.15) is 47.4 Å². The molecule has 0 unspecified atom stereocenters. The molecular formula is C23H24ClN5O2. The largest absolute Gasteiger partial charge is 0.350 e. The Kier molecular flexibility index (Phi) is 6.62. The van der Waals surface area contributed by atoms with Gasteiger partial charge in [0.15, 0.2) is 5.69 Å². The van der Waals surface area contributed by atoms with E-state index in [0.717, 1.165) is 49.0 Å². The highest BCUT2D eigenvalue weighted by molar-refractivity contribution is 6.30. The Morgan fingerprint density at radius 2 is 1.87 bits per heavy atom. The summed E-state index contributed by atoms with van der Waals surface area (Å²) in [7, 11) is 0. The lowest BCUT2D eigenvalue weighted by molar-refractivity contribution is -0.116. The Bertz CT molecular complexity index is 1060. The minimum atomic E-state index is -0.250. The number of hydrogen-bond acceptors (Lipinski definition) is 4. The van der Waals surface area contributed by atoms with E-state index in [9.17, 15) is 9.59 Å². The van der Waals surface area contributed by atoms with Crippen LogP contribution in [0.4, 0.5) is 5.69 Å². The van der Waals surface area contributed by atoms with Gasteiger partial charge in [-0.2, -0.15) is 5.10 Å². The molecule has 2 heterocycles. The van der Waals surface area contributed by atoms with E-state index in [0.29, 0.717) is 16.4 Å². The molecule has 1 aliphatic carbocycles. The number of nitrogens with one attached hydrogen (secondary N) is 2. The fourth-order valence-corrected chi connectivity index (χ4v) is 3.91. The van der Waals surface area contributed by atoms with Gasteiger partial charge < -0.3 is 10.6 Å². The summed E-state index contributed by atoms with van der Waals surface area (Å²) in [5.74, 6) is -0.432. The maximum Gasteiger partial charge on any atom is 0.272 e. The van der Waals surface area contributed by atoms with Crippen molar-refractivity contribution in [2.75, 3.05) is 11.9 Å². The number of rotatable bonds is 6. The maximum absolute atomic E-state index is 12.9. The van der Waals surface area contributed by atoms with Gasteiger partial charge >= 0.3 is 0 Å². The Balaban J connectivity index is 1.46. The van der Waals surface area contributed by atoms with E-state index in [-0.39, 0.29) is 24.8 Å². The number of halogens is 1. The highest BCUT2D eigenvalue weighted by Crippen LogP contribution is 2.27. The average Bonchev–Trinajstić information content (AvgIpc) is 2.96. The smallest absolute Gasteiger partial charge is 0.272 e. The molecule has 3 aromatic rings. The number of amides is 2. The van der Waals surface area contributed by atoms with Crippen molar-refractivity contribution < 1.29 is 9.59 Å². The van der Waals surface area contributed by atoms with Crippen molar-refractivity contribution in [1.82, 2.24) is 20.1 Å². The molecule has 0 saturated carbocycles. The third kappa shape index (κ3) is 5.11. The van der Waals surface area contributed by atoms with Crippen LogP contribution in [0.3, 0.4) is 0 Å². The molecule has 7 nitrogen and oxygen atoms in total. The lowest BCUT2D eigenvalue weighted by Gasteiger charge is -2.07. The Labute approximate surface area is 185 Å². The number of carbonyl (C=O) groups excluding carboxylic acids is 2. The normalized spacial score (nSPS) is 13.2. The van der Waals surface area contributed by atoms with Crippen LogP contribution in [0.2, 0.25) is 5.02 Å². The predicted octanol–water partition coefficient (Wildman–Crippen LogP) is 3.95. The summed E-state index contributed by atoms with van der Waals surface area (Å²) in [6.07, 6.45) is 8.33. The summed E-state index contributed by atoms with van der Waals surface area (Å²) in [5, 5.41) is 10.9. The van der Waals surface area contributed by atoms with Gasteiger partial charge in [-0.15, -0.1) is 0 Å². The van der Waals surface area contributed by atoms with E-state index in [4.69, 9.17) is 11.6 Å². The van der Waals surface area contributed by atoms with Gasteiger partial charge in [0.1, 0.15) is 0 Å². The third-order valence-electron chi connectivity index (χ3n) is 5.30. The molecule has 4 rings (SSSR count). The zero-order valence-corrected chi connectivity index (χ0v) is 17.9. The second-order valence-corrected chi connectivity index (χ2v) is 7.95. The summed E-state index contributed by atoms with van der Waals surface area (Å²) < 4.78 is 1.86. The highest BCUT2D eigenvalue weighted by Gasteiger charge is 2.24. The Morgan fingerprint density at radius 1 is 1.06 bits per heavy atom. The van der Waals surface area contributed by atoms with Crippen molar-refractivity contribution in [2.24, 2.45) is 0 Å². The van der Waals surface area contributed by atoms with E-state index in [2.05, 4.69) is 20.7 Å². The maximum atomic E-state index is 12.9. The van der Waals surface area contributed by atoms with Gasteiger partial charge in [0, 0.05) is 35.4 Å². The van der Waals surface area contributed by atoms with Crippen LogP contribution < -0.4 is 10.6 Å². The SMILES string of the molecule is O=C(CCNC(=O)c1nn(-c2ccc(Cl)cc2)c2c1CCCCC2)Nc1cccnc1. The van der Waals surface area contributed by atoms with E-state index in [1.54, 1.807) is 24.5 Å². The quantitative estimate of drug-likeness (QED) is 0.571. The molecule has 2 N–H and O–H groups in total. The molecule has 0 bridgehead atoms. The van der Waals surface area contributed by atoms with Gasteiger partial charge in [-0.05, 0) is 62.1 Å². The summed E-state index contributed by atoms with van der Waals surface area (Å²) in [6.45, 7) is 0.230. The number of aromatic nitrogens is 3. The van der Waals surface area contributed by atoms with Gasteiger partial charge in [0.2, 0.25) is 5.91 Å². The zero-order valence-electron chi connectivity index (χ0n) is 17.1. The standard InChI is InChI=1S/C23H24ClN5O2/c24-16-8-10-18(11-9-16)29-20-7-3-1-2-6-19(20)22(28-29)23(31)26-14-12-21(30)27-17-5-4-13-25-15-17/h4-5,8-11,13,15H,1-3,6-7,12,14H2,(H,26,31)(H,27,30). The third-order valence-corrected chi connectivity index (χ3v) is 5.55. The van der Waals surface area contributed by atoms with E-state index >= 15 is 0 Å². The second kappa shape index (κ2) is 9.75. The fourth-order valence-electron chi connectivity index (χ4n) is 3.79. The van der Waals surface area contributed by atoms with Crippen LogP contribution in [0.25, 0.3) is 5.69 Å². The molecule has 0 radical (unpaired) electrons. The van der Waals surface area contributed by atoms with Crippen molar-refractivity contribution in [3.8, 4) is 5.69 Å². The molecule has 1 aromatic carbocycles. The molecule has 160 valence electrons. The Morgan fingerprint density at radius 3 is 2.65 bits per heavy atom. The molecule has 0 atom stereocenters. The molecule has 2 aromatic heterocycles. The summed E-state index contributed by atoms with van der Waals surface area (Å²) in [5.41, 5.74) is 4.05. The minimum Gasteiger partial charge on any atom is -0.350 e. The molecule has 8 heteroatoms. The van der Waals surface area contributed by atoms with Crippen molar-refractivity contribution in [2.45, 2.75) is 38.5 Å². The predicted molar refractivity (Wildman–Crippen MR) is 120 cm³/mol. The molecule has 1 aliphatic rings. The van der Waals surface area contributed by atoms with Crippen molar-refractivity contribution in [3.63, 3.8) is 0 Å². The van der Waals surface area contributed by atoms with Crippen LogP contribution in [-0.2, 0) is 17.6 Å². The lowest BCUT2D eigenvalue weighted by Crippen LogP contribution is -2.28. The molecule has 0 spiro atoms. The first-order valence-electron chi connectivity index (χ1n) is 10.5. The highest BCUT2D eigenvalue weighted by atomic mass is 35.5. The van der Waals surface area contributed by atoms with Gasteiger partial charge in [0.25, 0.3) is 5.91 Å². The Hall–Kier alpha value is -3.19. The first kappa shape index (κ1) is 21.1. The fraction of sp³-hybridized carbons (Fsp3) is 0.304. The van der Waals surface area contributed by atoms with Crippen LogP contribution in [0.15, 0.2) is 48.8 Å². The number of benzene rings is 1. The van der Waals surface area contributed by atoms with Gasteiger partial charge in [-0.1, -0.05) is 18.0 Å². The average molecular weight is 438 g/mol. The number of carbonyl (C=O) groups is 2. The van der Waals surface area contributed by atoms with Crippen LogP contribution in [0.5, 0.6) is 0 Å². The van der Waals surface area contributed by atoms with Crippen molar-refractivity contribution in [1.29, 1.82) is 0 Å². The number of fused-ring (bicyclic) bond motifs is 1. The molecule has 0 fully saturated rings. The van der Waals surface area contributed by atoms with Crippen molar-refractivity contribution >= 4 is 29.1 Å². The number of pyridine rings is 1. The number of anilines is 1. The summed E-state index contributed by atoms with van der Waals surface area (Å²) in [6, 6.07) is 11.0. The lowest BCUT2D eigenvalue weighted by atomic mass is 10.1. The van der Waals surface area contributed by atoms with Gasteiger partial charge in [-0.3, -0.25) is 14.6 Å². The zero-order chi connectivity index (χ0) is 21.6. The summed E-state index contributed by atoms with van der Waals surface area (Å²) in [4.78, 5) is 29.0. The number of hydrogen-bond donors (Lipinski definition) is 2. The molecule has 0 saturated heterocycles. The van der Waals surface area contributed by atoms with Gasteiger partial charge in [-0.25, -0.2) is 4.68 Å². The minimum absolute atomic E-state index is 0.167. The van der Waals surface area contributed by atoms with Crippen molar-refractivity contribution in [3.05, 3.63) is 70.8 Å². The molecule has 2 amide bonds. The van der Waals surface area contributed by atoms with Gasteiger partial charge in [0.05, 0.1) is 17.6 Å². The monoisotopic (exact) mass is 437 g/mol.